The van der Waals surface area contributed by atoms with Crippen molar-refractivity contribution >= 4 is 0 Å². The van der Waals surface area contributed by atoms with Crippen LogP contribution >= 0.6 is 0 Å². The van der Waals surface area contributed by atoms with Gasteiger partial charge in [-0.3, -0.25) is 0 Å². The molecule has 0 saturated heterocycles. The van der Waals surface area contributed by atoms with Crippen LogP contribution in [0.3, 0.4) is 0 Å². The highest BCUT2D eigenvalue weighted by Crippen LogP contribution is 2.10. The SMILES string of the molecule is CC(C)c1noc(CCCO)n1. The Kier molecular flexibility index (Phi) is 3.22. The number of aliphatic hydroxyl groups excluding tert-OH is 1. The molecule has 0 saturated carbocycles. The Morgan fingerprint density at radius 2 is 2.25 bits per heavy atom. The second-order valence-corrected chi connectivity index (χ2v) is 3.03. The highest BCUT2D eigenvalue weighted by Gasteiger charge is 2.08. The van der Waals surface area contributed by atoms with Crippen LogP contribution in [0.1, 0.15) is 37.9 Å². The Morgan fingerprint density at radius 3 is 2.75 bits per heavy atom. The van der Waals surface area contributed by atoms with Gasteiger partial charge in [-0.15, -0.1) is 0 Å². The van der Waals surface area contributed by atoms with Gasteiger partial charge in [0.2, 0.25) is 5.89 Å². The van der Waals surface area contributed by atoms with Gasteiger partial charge in [0.15, 0.2) is 5.82 Å². The summed E-state index contributed by atoms with van der Waals surface area (Å²) in [5, 5.41) is 12.4. The maximum absolute atomic E-state index is 8.55. The molecule has 0 aliphatic carbocycles. The fraction of sp³-hybridized carbons (Fsp3) is 0.750. The molecule has 1 N–H and O–H groups in total. The second-order valence-electron chi connectivity index (χ2n) is 3.03. The monoisotopic (exact) mass is 170 g/mol. The molecule has 0 aliphatic rings. The summed E-state index contributed by atoms with van der Waals surface area (Å²) >= 11 is 0. The van der Waals surface area contributed by atoms with Crippen LogP contribution in [0.25, 0.3) is 0 Å². The largest absolute Gasteiger partial charge is 0.396 e. The van der Waals surface area contributed by atoms with E-state index in [9.17, 15) is 0 Å². The van der Waals surface area contributed by atoms with Crippen LogP contribution in [0, 0.1) is 0 Å². The Balaban J connectivity index is 2.52. The number of aliphatic hydroxyl groups is 1. The number of hydrogen-bond acceptors (Lipinski definition) is 4. The summed E-state index contributed by atoms with van der Waals surface area (Å²) in [7, 11) is 0. The van der Waals surface area contributed by atoms with Gasteiger partial charge < -0.3 is 9.63 Å². The van der Waals surface area contributed by atoms with Crippen molar-refractivity contribution in [2.24, 2.45) is 0 Å². The van der Waals surface area contributed by atoms with E-state index >= 15 is 0 Å². The molecule has 1 heterocycles. The molecule has 4 nitrogen and oxygen atoms in total. The molecular weight excluding hydrogens is 156 g/mol. The van der Waals surface area contributed by atoms with Crippen LogP contribution in [0.5, 0.6) is 0 Å². The van der Waals surface area contributed by atoms with E-state index in [2.05, 4.69) is 10.1 Å². The molecule has 0 radical (unpaired) electrons. The van der Waals surface area contributed by atoms with Crippen LogP contribution in [0.2, 0.25) is 0 Å². The zero-order valence-corrected chi connectivity index (χ0v) is 7.45. The first-order valence-electron chi connectivity index (χ1n) is 4.17. The fourth-order valence-electron chi connectivity index (χ4n) is 0.834. The van der Waals surface area contributed by atoms with Gasteiger partial charge in [0.05, 0.1) is 0 Å². The molecule has 0 spiro atoms. The summed E-state index contributed by atoms with van der Waals surface area (Å²) in [4.78, 5) is 4.16. The summed E-state index contributed by atoms with van der Waals surface area (Å²) < 4.78 is 4.96. The standard InChI is InChI=1S/C8H14N2O2/c1-6(2)8-9-7(12-10-8)4-3-5-11/h6,11H,3-5H2,1-2H3. The third-order valence-corrected chi connectivity index (χ3v) is 1.55. The Morgan fingerprint density at radius 1 is 1.50 bits per heavy atom. The first-order valence-corrected chi connectivity index (χ1v) is 4.17. The van der Waals surface area contributed by atoms with Crippen molar-refractivity contribution in [1.29, 1.82) is 0 Å². The summed E-state index contributed by atoms with van der Waals surface area (Å²) in [6, 6.07) is 0. The maximum atomic E-state index is 8.55. The zero-order valence-electron chi connectivity index (χ0n) is 7.45. The Bertz CT molecular complexity index is 233. The van der Waals surface area contributed by atoms with E-state index in [4.69, 9.17) is 9.63 Å². The lowest BCUT2D eigenvalue weighted by Crippen LogP contribution is -1.92. The van der Waals surface area contributed by atoms with Crippen molar-refractivity contribution in [3.05, 3.63) is 11.7 Å². The average molecular weight is 170 g/mol. The van der Waals surface area contributed by atoms with E-state index < -0.39 is 0 Å². The molecule has 1 aromatic rings. The minimum Gasteiger partial charge on any atom is -0.396 e. The molecular formula is C8H14N2O2. The molecule has 12 heavy (non-hydrogen) atoms. The molecule has 0 bridgehead atoms. The maximum Gasteiger partial charge on any atom is 0.226 e. The van der Waals surface area contributed by atoms with E-state index in [0.717, 1.165) is 5.82 Å². The average Bonchev–Trinajstić information content (AvgIpc) is 2.48. The van der Waals surface area contributed by atoms with Crippen molar-refractivity contribution in [3.8, 4) is 0 Å². The minimum atomic E-state index is 0.166. The lowest BCUT2D eigenvalue weighted by molar-refractivity contribution is 0.278. The molecule has 68 valence electrons. The normalized spacial score (nSPS) is 11.0. The topological polar surface area (TPSA) is 59.2 Å². The Hall–Kier alpha value is -0.900. The number of aromatic nitrogens is 2. The first-order chi connectivity index (χ1) is 5.74. The van der Waals surface area contributed by atoms with E-state index in [-0.39, 0.29) is 6.61 Å². The van der Waals surface area contributed by atoms with E-state index in [1.807, 2.05) is 13.8 Å². The smallest absolute Gasteiger partial charge is 0.226 e. The van der Waals surface area contributed by atoms with Gasteiger partial charge in [0.25, 0.3) is 0 Å². The number of nitrogens with zero attached hydrogens (tertiary/aromatic N) is 2. The van der Waals surface area contributed by atoms with Crippen LogP contribution in [0.4, 0.5) is 0 Å². The number of hydrogen-bond donors (Lipinski definition) is 1. The first kappa shape index (κ1) is 9.19. The number of aryl methyl sites for hydroxylation is 1. The van der Waals surface area contributed by atoms with Gasteiger partial charge in [-0.2, -0.15) is 4.98 Å². The number of rotatable bonds is 4. The van der Waals surface area contributed by atoms with Crippen LogP contribution < -0.4 is 0 Å². The van der Waals surface area contributed by atoms with Crippen molar-refractivity contribution in [3.63, 3.8) is 0 Å². The molecule has 0 fully saturated rings. The molecule has 0 amide bonds. The molecule has 1 aromatic heterocycles. The predicted molar refractivity (Wildman–Crippen MR) is 43.8 cm³/mol. The van der Waals surface area contributed by atoms with E-state index in [1.54, 1.807) is 0 Å². The summed E-state index contributed by atoms with van der Waals surface area (Å²) in [5.74, 6) is 1.66. The molecule has 0 aromatic carbocycles. The van der Waals surface area contributed by atoms with Crippen LogP contribution in [-0.4, -0.2) is 21.9 Å². The third-order valence-electron chi connectivity index (χ3n) is 1.55. The molecule has 0 aliphatic heterocycles. The van der Waals surface area contributed by atoms with Crippen molar-refractivity contribution in [1.82, 2.24) is 10.1 Å². The lowest BCUT2D eigenvalue weighted by Gasteiger charge is -1.92. The van der Waals surface area contributed by atoms with E-state index in [1.165, 1.54) is 0 Å². The fourth-order valence-corrected chi connectivity index (χ4v) is 0.834. The van der Waals surface area contributed by atoms with Gasteiger partial charge in [0.1, 0.15) is 0 Å². The minimum absolute atomic E-state index is 0.166. The van der Waals surface area contributed by atoms with Crippen LogP contribution in [-0.2, 0) is 6.42 Å². The van der Waals surface area contributed by atoms with Gasteiger partial charge in [-0.1, -0.05) is 19.0 Å². The van der Waals surface area contributed by atoms with Crippen molar-refractivity contribution in [2.45, 2.75) is 32.6 Å². The zero-order chi connectivity index (χ0) is 8.97. The Labute approximate surface area is 71.6 Å². The summed E-state index contributed by atoms with van der Waals surface area (Å²) in [6.45, 7) is 4.20. The van der Waals surface area contributed by atoms with Gasteiger partial charge in [-0.25, -0.2) is 0 Å². The van der Waals surface area contributed by atoms with Crippen LogP contribution in [0.15, 0.2) is 4.52 Å². The lowest BCUT2D eigenvalue weighted by atomic mass is 10.2. The van der Waals surface area contributed by atoms with Gasteiger partial charge in [-0.05, 0) is 6.42 Å². The van der Waals surface area contributed by atoms with Crippen molar-refractivity contribution < 1.29 is 9.63 Å². The molecule has 4 heteroatoms. The van der Waals surface area contributed by atoms with Crippen molar-refractivity contribution in [2.75, 3.05) is 6.61 Å². The summed E-state index contributed by atoms with van der Waals surface area (Å²) in [5.41, 5.74) is 0. The van der Waals surface area contributed by atoms with E-state index in [0.29, 0.717) is 24.7 Å². The molecule has 1 rings (SSSR count). The highest BCUT2D eigenvalue weighted by atomic mass is 16.5. The molecule has 0 atom stereocenters. The third kappa shape index (κ3) is 2.30. The predicted octanol–water partition coefficient (Wildman–Crippen LogP) is 1.12. The quantitative estimate of drug-likeness (QED) is 0.735. The highest BCUT2D eigenvalue weighted by molar-refractivity contribution is 4.91. The summed E-state index contributed by atoms with van der Waals surface area (Å²) in [6.07, 6.45) is 1.34. The molecule has 0 unspecified atom stereocenters. The van der Waals surface area contributed by atoms with Gasteiger partial charge in [0, 0.05) is 18.9 Å². The van der Waals surface area contributed by atoms with Gasteiger partial charge >= 0.3 is 0 Å². The second kappa shape index (κ2) is 4.21.